The van der Waals surface area contributed by atoms with Crippen molar-refractivity contribution in [2.24, 2.45) is 5.73 Å². The first kappa shape index (κ1) is 9.81. The second-order valence-corrected chi connectivity index (χ2v) is 4.73. The third kappa shape index (κ3) is 1.60. The van der Waals surface area contributed by atoms with Gasteiger partial charge in [0, 0.05) is 23.0 Å². The molecule has 1 heterocycles. The van der Waals surface area contributed by atoms with Crippen LogP contribution in [-0.4, -0.2) is 5.60 Å². The Kier molecular flexibility index (Phi) is 2.20. The van der Waals surface area contributed by atoms with Gasteiger partial charge in [-0.25, -0.2) is 0 Å². The van der Waals surface area contributed by atoms with Crippen LogP contribution < -0.4 is 10.5 Å². The molecule has 0 amide bonds. The minimum atomic E-state index is -0.197. The smallest absolute Gasteiger partial charge is 0.126 e. The van der Waals surface area contributed by atoms with E-state index < -0.39 is 0 Å². The van der Waals surface area contributed by atoms with Gasteiger partial charge in [0.1, 0.15) is 11.4 Å². The largest absolute Gasteiger partial charge is 0.487 e. The normalized spacial score (nSPS) is 23.9. The standard InChI is InChI=1S/C11H14ClNO/c1-11(2)6-8(13)10-7(12)4-3-5-9(10)14-11/h3-5,8H,6,13H2,1-2H3/t8-/m1/s1. The Balaban J connectivity index is 2.50. The molecule has 1 aromatic rings. The van der Waals surface area contributed by atoms with E-state index in [0.29, 0.717) is 5.02 Å². The Morgan fingerprint density at radius 2 is 2.21 bits per heavy atom. The summed E-state index contributed by atoms with van der Waals surface area (Å²) in [5.74, 6) is 0.821. The molecule has 0 saturated carbocycles. The highest BCUT2D eigenvalue weighted by atomic mass is 35.5. The zero-order valence-corrected chi connectivity index (χ0v) is 9.14. The van der Waals surface area contributed by atoms with Crippen molar-refractivity contribution < 1.29 is 4.74 Å². The van der Waals surface area contributed by atoms with Crippen LogP contribution >= 0.6 is 11.6 Å². The molecule has 0 aliphatic carbocycles. The van der Waals surface area contributed by atoms with E-state index in [1.54, 1.807) is 0 Å². The summed E-state index contributed by atoms with van der Waals surface area (Å²) >= 11 is 6.07. The summed E-state index contributed by atoms with van der Waals surface area (Å²) in [5.41, 5.74) is 6.80. The first-order valence-corrected chi connectivity index (χ1v) is 5.10. The summed E-state index contributed by atoms with van der Waals surface area (Å²) in [7, 11) is 0. The molecule has 0 unspecified atom stereocenters. The topological polar surface area (TPSA) is 35.2 Å². The molecular formula is C11H14ClNO. The molecule has 1 atom stereocenters. The molecule has 2 nitrogen and oxygen atoms in total. The van der Waals surface area contributed by atoms with Crippen LogP contribution in [0, 0.1) is 0 Å². The Bertz CT molecular complexity index is 362. The van der Waals surface area contributed by atoms with Crippen molar-refractivity contribution in [3.63, 3.8) is 0 Å². The second-order valence-electron chi connectivity index (χ2n) is 4.32. The summed E-state index contributed by atoms with van der Waals surface area (Å²) in [4.78, 5) is 0. The van der Waals surface area contributed by atoms with E-state index in [4.69, 9.17) is 22.1 Å². The summed E-state index contributed by atoms with van der Waals surface area (Å²) in [5, 5.41) is 0.700. The first-order valence-electron chi connectivity index (χ1n) is 4.73. The Morgan fingerprint density at radius 1 is 1.50 bits per heavy atom. The molecule has 0 bridgehead atoms. The summed E-state index contributed by atoms with van der Waals surface area (Å²) in [6.45, 7) is 4.08. The SMILES string of the molecule is CC1(C)C[C@@H](N)c2c(Cl)cccc2O1. The highest BCUT2D eigenvalue weighted by Gasteiger charge is 2.32. The number of rotatable bonds is 0. The second kappa shape index (κ2) is 3.14. The van der Waals surface area contributed by atoms with Crippen LogP contribution in [0.5, 0.6) is 5.75 Å². The molecule has 14 heavy (non-hydrogen) atoms. The number of benzene rings is 1. The van der Waals surface area contributed by atoms with E-state index in [0.717, 1.165) is 17.7 Å². The van der Waals surface area contributed by atoms with Crippen LogP contribution in [0.2, 0.25) is 5.02 Å². The van der Waals surface area contributed by atoms with E-state index >= 15 is 0 Å². The number of halogens is 1. The fraction of sp³-hybridized carbons (Fsp3) is 0.455. The van der Waals surface area contributed by atoms with Crippen LogP contribution in [0.15, 0.2) is 18.2 Å². The molecule has 0 fully saturated rings. The molecule has 0 aromatic heterocycles. The molecule has 1 aromatic carbocycles. The van der Waals surface area contributed by atoms with Gasteiger partial charge in [0.2, 0.25) is 0 Å². The molecule has 76 valence electrons. The third-order valence-corrected chi connectivity index (χ3v) is 2.81. The van der Waals surface area contributed by atoms with Gasteiger partial charge in [0.25, 0.3) is 0 Å². The van der Waals surface area contributed by atoms with E-state index in [-0.39, 0.29) is 11.6 Å². The predicted molar refractivity (Wildman–Crippen MR) is 57.7 cm³/mol. The van der Waals surface area contributed by atoms with Crippen molar-refractivity contribution in [3.8, 4) is 5.75 Å². The van der Waals surface area contributed by atoms with Crippen molar-refractivity contribution in [2.45, 2.75) is 31.9 Å². The van der Waals surface area contributed by atoms with Crippen molar-refractivity contribution >= 4 is 11.6 Å². The molecule has 1 aliphatic rings. The lowest BCUT2D eigenvalue weighted by molar-refractivity contribution is 0.0729. The maximum absolute atomic E-state index is 6.07. The van der Waals surface area contributed by atoms with Crippen LogP contribution in [0.1, 0.15) is 31.9 Å². The van der Waals surface area contributed by atoms with E-state index in [1.807, 2.05) is 32.0 Å². The van der Waals surface area contributed by atoms with Gasteiger partial charge >= 0.3 is 0 Å². The highest BCUT2D eigenvalue weighted by molar-refractivity contribution is 6.31. The van der Waals surface area contributed by atoms with Gasteiger partial charge in [-0.15, -0.1) is 0 Å². The van der Waals surface area contributed by atoms with Gasteiger partial charge in [-0.3, -0.25) is 0 Å². The Labute approximate surface area is 89.0 Å². The number of fused-ring (bicyclic) bond motifs is 1. The first-order chi connectivity index (χ1) is 6.49. The van der Waals surface area contributed by atoms with Gasteiger partial charge in [0.15, 0.2) is 0 Å². The molecular weight excluding hydrogens is 198 g/mol. The minimum Gasteiger partial charge on any atom is -0.487 e. The van der Waals surface area contributed by atoms with Crippen LogP contribution in [0.4, 0.5) is 0 Å². The van der Waals surface area contributed by atoms with Crippen LogP contribution in [0.3, 0.4) is 0 Å². The van der Waals surface area contributed by atoms with E-state index in [1.165, 1.54) is 0 Å². The molecule has 1 aliphatic heterocycles. The fourth-order valence-corrected chi connectivity index (χ4v) is 2.24. The van der Waals surface area contributed by atoms with Crippen LogP contribution in [0.25, 0.3) is 0 Å². The average molecular weight is 212 g/mol. The summed E-state index contributed by atoms with van der Waals surface area (Å²) < 4.78 is 5.81. The monoisotopic (exact) mass is 211 g/mol. The van der Waals surface area contributed by atoms with E-state index in [9.17, 15) is 0 Å². The molecule has 0 saturated heterocycles. The number of hydrogen-bond donors (Lipinski definition) is 1. The summed E-state index contributed by atoms with van der Waals surface area (Å²) in [6, 6.07) is 5.63. The molecule has 0 radical (unpaired) electrons. The maximum atomic E-state index is 6.07. The van der Waals surface area contributed by atoms with Crippen LogP contribution in [-0.2, 0) is 0 Å². The predicted octanol–water partition coefficient (Wildman–Crippen LogP) is 2.90. The zero-order valence-electron chi connectivity index (χ0n) is 8.38. The molecule has 0 spiro atoms. The number of nitrogens with two attached hydrogens (primary N) is 1. The molecule has 3 heteroatoms. The number of ether oxygens (including phenoxy) is 1. The Morgan fingerprint density at radius 3 is 2.93 bits per heavy atom. The molecule has 2 N–H and O–H groups in total. The van der Waals surface area contributed by atoms with E-state index in [2.05, 4.69) is 0 Å². The van der Waals surface area contributed by atoms with Crippen molar-refractivity contribution in [3.05, 3.63) is 28.8 Å². The minimum absolute atomic E-state index is 0.0255. The number of hydrogen-bond acceptors (Lipinski definition) is 2. The van der Waals surface area contributed by atoms with Crippen molar-refractivity contribution in [1.82, 2.24) is 0 Å². The Hall–Kier alpha value is -0.730. The van der Waals surface area contributed by atoms with Gasteiger partial charge in [-0.2, -0.15) is 0 Å². The maximum Gasteiger partial charge on any atom is 0.126 e. The lowest BCUT2D eigenvalue weighted by Gasteiger charge is -2.36. The lowest BCUT2D eigenvalue weighted by atomic mass is 9.90. The summed E-state index contributed by atoms with van der Waals surface area (Å²) in [6.07, 6.45) is 0.795. The van der Waals surface area contributed by atoms with Crippen molar-refractivity contribution in [1.29, 1.82) is 0 Å². The zero-order chi connectivity index (χ0) is 10.3. The highest BCUT2D eigenvalue weighted by Crippen LogP contribution is 2.41. The third-order valence-electron chi connectivity index (χ3n) is 2.48. The lowest BCUT2D eigenvalue weighted by Crippen LogP contribution is -2.37. The fourth-order valence-electron chi connectivity index (χ4n) is 1.94. The van der Waals surface area contributed by atoms with Gasteiger partial charge in [0.05, 0.1) is 0 Å². The quantitative estimate of drug-likeness (QED) is 0.716. The van der Waals surface area contributed by atoms with Gasteiger partial charge < -0.3 is 10.5 Å². The van der Waals surface area contributed by atoms with Gasteiger partial charge in [-0.05, 0) is 26.0 Å². The van der Waals surface area contributed by atoms with Gasteiger partial charge in [-0.1, -0.05) is 17.7 Å². The van der Waals surface area contributed by atoms with Crippen molar-refractivity contribution in [2.75, 3.05) is 0 Å². The average Bonchev–Trinajstić information content (AvgIpc) is 2.00. The molecule has 2 rings (SSSR count).